The zero-order valence-electron chi connectivity index (χ0n) is 59.2. The standard InChI is InChI=1S/C76H139NO18/c1-3-5-7-9-11-13-15-16-17-18-19-20-21-22-23-24-25-26-27-28-29-30-31-32-33-34-35-36-37-38-39-40-41-42-44-46-48-50-52-54-64(82)77-59(60(81)53-51-49-47-45-43-14-12-10-8-6-4-2)58-90-74-70(88)67(85)72(62(56-79)92-74)95-76-71(89)68(86)73(63(57-80)93-76)94-75-69(87)66(84)65(83)61(55-78)91-75/h5,7,11,13,16-17,19-20,59-63,65-76,78-81,83-89H,3-4,6,8-10,12,14-15,18,21-58H2,1-2H3,(H,77,82)/b7-5-,13-11-,17-16-,20-19-. The van der Waals surface area contributed by atoms with Crippen molar-refractivity contribution in [2.24, 2.45) is 0 Å². The number of ether oxygens (including phenoxy) is 6. The third kappa shape index (κ3) is 38.4. The lowest BCUT2D eigenvalue weighted by molar-refractivity contribution is -0.379. The molecule has 0 radical (unpaired) electrons. The van der Waals surface area contributed by atoms with E-state index in [-0.39, 0.29) is 18.9 Å². The number of nitrogens with one attached hydrogen (secondary N) is 1. The smallest absolute Gasteiger partial charge is 0.220 e. The summed E-state index contributed by atoms with van der Waals surface area (Å²) in [6.07, 6.45) is 43.9. The Hall–Kier alpha value is -2.25. The molecule has 0 bridgehead atoms. The fraction of sp³-hybridized carbons (Fsp3) is 0.882. The number of aliphatic hydroxyl groups excluding tert-OH is 11. The van der Waals surface area contributed by atoms with E-state index in [2.05, 4.69) is 67.8 Å². The number of amides is 1. The van der Waals surface area contributed by atoms with E-state index < -0.39 is 124 Å². The summed E-state index contributed by atoms with van der Waals surface area (Å²) < 4.78 is 34.4. The van der Waals surface area contributed by atoms with Crippen LogP contribution in [0.15, 0.2) is 48.6 Å². The molecule has 3 aliphatic rings. The first-order valence-electron chi connectivity index (χ1n) is 38.4. The third-order valence-corrected chi connectivity index (χ3v) is 19.2. The van der Waals surface area contributed by atoms with Gasteiger partial charge in [-0.05, 0) is 51.4 Å². The van der Waals surface area contributed by atoms with Crippen molar-refractivity contribution in [3.8, 4) is 0 Å². The molecule has 95 heavy (non-hydrogen) atoms. The fourth-order valence-electron chi connectivity index (χ4n) is 13.0. The molecule has 3 saturated heterocycles. The van der Waals surface area contributed by atoms with Gasteiger partial charge in [-0.3, -0.25) is 4.79 Å². The summed E-state index contributed by atoms with van der Waals surface area (Å²) in [5.74, 6) is -0.239. The molecule has 0 saturated carbocycles. The van der Waals surface area contributed by atoms with Gasteiger partial charge in [0.25, 0.3) is 0 Å². The van der Waals surface area contributed by atoms with Crippen LogP contribution in [0.25, 0.3) is 0 Å². The topological polar surface area (TPSA) is 307 Å². The van der Waals surface area contributed by atoms with Gasteiger partial charge in [-0.15, -0.1) is 0 Å². The molecule has 17 unspecified atom stereocenters. The first-order chi connectivity index (χ1) is 46.3. The Labute approximate surface area is 573 Å². The molecule has 3 heterocycles. The highest BCUT2D eigenvalue weighted by Crippen LogP contribution is 2.33. The zero-order valence-corrected chi connectivity index (χ0v) is 59.2. The van der Waals surface area contributed by atoms with Crippen LogP contribution in [-0.4, -0.2) is 193 Å². The maximum absolute atomic E-state index is 13.4. The number of carbonyl (C=O) groups excluding carboxylic acids is 1. The second-order valence-corrected chi connectivity index (χ2v) is 27.4. The van der Waals surface area contributed by atoms with Crippen molar-refractivity contribution < 1.29 is 89.4 Å². The molecule has 12 N–H and O–H groups in total. The molecule has 19 nitrogen and oxygen atoms in total. The van der Waals surface area contributed by atoms with Gasteiger partial charge in [-0.2, -0.15) is 0 Å². The van der Waals surface area contributed by atoms with Crippen molar-refractivity contribution in [2.75, 3.05) is 26.4 Å². The minimum atomic E-state index is -1.97. The Kier molecular flexibility index (Phi) is 52.5. The minimum Gasteiger partial charge on any atom is -0.394 e. The molecule has 3 aliphatic heterocycles. The van der Waals surface area contributed by atoms with E-state index in [0.29, 0.717) is 12.8 Å². The Morgan fingerprint density at radius 3 is 1.14 bits per heavy atom. The molecule has 0 spiro atoms. The van der Waals surface area contributed by atoms with E-state index in [1.807, 2.05) is 0 Å². The summed E-state index contributed by atoms with van der Waals surface area (Å²) in [6.45, 7) is 1.69. The summed E-state index contributed by atoms with van der Waals surface area (Å²) >= 11 is 0. The van der Waals surface area contributed by atoms with Crippen LogP contribution < -0.4 is 5.32 Å². The molecule has 0 aromatic heterocycles. The second kappa shape index (κ2) is 57.4. The number of hydrogen-bond donors (Lipinski definition) is 12. The summed E-state index contributed by atoms with van der Waals surface area (Å²) in [5, 5.41) is 121. The Morgan fingerprint density at radius 1 is 0.389 bits per heavy atom. The lowest BCUT2D eigenvalue weighted by Gasteiger charge is -2.48. The van der Waals surface area contributed by atoms with Gasteiger partial charge in [0.15, 0.2) is 18.9 Å². The SMILES string of the molecule is CC/C=C\C/C=C\C/C=C\C/C=C\CCCCCCCCCCCCCCCCCCCCCCCCCCCCC(=O)NC(COC1OC(CO)C(OC2OC(CO)C(OC3OC(CO)C(O)C(O)C3O)C(O)C2O)C(O)C1O)C(O)CCCCCCCCCCCCC. The average molecular weight is 1350 g/mol. The maximum atomic E-state index is 13.4. The molecular formula is C76H139NO18. The van der Waals surface area contributed by atoms with Gasteiger partial charge in [0, 0.05) is 6.42 Å². The molecule has 1 amide bonds. The average Bonchev–Trinajstić information content (AvgIpc) is 0.787. The minimum absolute atomic E-state index is 0.239. The number of aliphatic hydroxyl groups is 11. The lowest BCUT2D eigenvalue weighted by atomic mass is 9.96. The summed E-state index contributed by atoms with van der Waals surface area (Å²) in [5.41, 5.74) is 0. The van der Waals surface area contributed by atoms with Crippen LogP contribution in [0.2, 0.25) is 0 Å². The molecule has 17 atom stereocenters. The predicted molar refractivity (Wildman–Crippen MR) is 374 cm³/mol. The van der Waals surface area contributed by atoms with Gasteiger partial charge < -0.3 is 89.9 Å². The zero-order chi connectivity index (χ0) is 68.9. The van der Waals surface area contributed by atoms with Crippen molar-refractivity contribution in [2.45, 2.75) is 401 Å². The summed E-state index contributed by atoms with van der Waals surface area (Å²) in [7, 11) is 0. The van der Waals surface area contributed by atoms with E-state index in [1.54, 1.807) is 0 Å². The molecule has 0 aromatic carbocycles. The summed E-state index contributed by atoms with van der Waals surface area (Å²) in [4.78, 5) is 13.4. The van der Waals surface area contributed by atoms with Crippen LogP contribution >= 0.6 is 0 Å². The van der Waals surface area contributed by atoms with Gasteiger partial charge in [0.1, 0.15) is 73.2 Å². The number of unbranched alkanes of at least 4 members (excludes halogenated alkanes) is 36. The summed E-state index contributed by atoms with van der Waals surface area (Å²) in [6, 6.07) is -0.884. The molecule has 3 rings (SSSR count). The van der Waals surface area contributed by atoms with Gasteiger partial charge in [0.05, 0.1) is 38.6 Å². The van der Waals surface area contributed by atoms with E-state index in [4.69, 9.17) is 28.4 Å². The maximum Gasteiger partial charge on any atom is 0.220 e. The Bertz CT molecular complexity index is 1910. The van der Waals surface area contributed by atoms with Crippen molar-refractivity contribution in [3.05, 3.63) is 48.6 Å². The predicted octanol–water partition coefficient (Wildman–Crippen LogP) is 11.7. The molecule has 556 valence electrons. The van der Waals surface area contributed by atoms with Gasteiger partial charge in [-0.25, -0.2) is 0 Å². The fourth-order valence-corrected chi connectivity index (χ4v) is 13.0. The normalized spacial score (nSPS) is 27.4. The largest absolute Gasteiger partial charge is 0.394 e. The second-order valence-electron chi connectivity index (χ2n) is 27.4. The number of allylic oxidation sites excluding steroid dienone is 8. The van der Waals surface area contributed by atoms with Crippen molar-refractivity contribution in [1.29, 1.82) is 0 Å². The third-order valence-electron chi connectivity index (χ3n) is 19.2. The monoisotopic (exact) mass is 1350 g/mol. The first-order valence-corrected chi connectivity index (χ1v) is 38.4. The Balaban J connectivity index is 1.26. The van der Waals surface area contributed by atoms with E-state index in [1.165, 1.54) is 193 Å². The van der Waals surface area contributed by atoms with Gasteiger partial charge in [-0.1, -0.05) is 287 Å². The van der Waals surface area contributed by atoms with E-state index >= 15 is 0 Å². The van der Waals surface area contributed by atoms with Gasteiger partial charge >= 0.3 is 0 Å². The van der Waals surface area contributed by atoms with Gasteiger partial charge in [0.2, 0.25) is 5.91 Å². The number of rotatable bonds is 60. The number of carbonyl (C=O) groups is 1. The highest BCUT2D eigenvalue weighted by molar-refractivity contribution is 5.76. The lowest BCUT2D eigenvalue weighted by Crippen LogP contribution is -2.66. The van der Waals surface area contributed by atoms with Crippen molar-refractivity contribution in [1.82, 2.24) is 5.32 Å². The quantitative estimate of drug-likeness (QED) is 0.0199. The highest BCUT2D eigenvalue weighted by Gasteiger charge is 2.53. The van der Waals surface area contributed by atoms with Crippen LogP contribution in [0.3, 0.4) is 0 Å². The molecule has 3 fully saturated rings. The first kappa shape index (κ1) is 87.0. The molecule has 19 heteroatoms. The van der Waals surface area contributed by atoms with Crippen molar-refractivity contribution >= 4 is 5.91 Å². The number of hydrogen-bond acceptors (Lipinski definition) is 18. The van der Waals surface area contributed by atoms with Crippen LogP contribution in [0, 0.1) is 0 Å². The van der Waals surface area contributed by atoms with Crippen LogP contribution in [0.4, 0.5) is 0 Å². The van der Waals surface area contributed by atoms with E-state index in [9.17, 15) is 61.0 Å². The van der Waals surface area contributed by atoms with Crippen LogP contribution in [0.1, 0.15) is 296 Å². The highest BCUT2D eigenvalue weighted by atomic mass is 16.8. The molecular weight excluding hydrogens is 1210 g/mol. The Morgan fingerprint density at radius 2 is 0.726 bits per heavy atom. The molecule has 0 aromatic rings. The molecule has 0 aliphatic carbocycles. The van der Waals surface area contributed by atoms with E-state index in [0.717, 1.165) is 70.6 Å². The van der Waals surface area contributed by atoms with Crippen LogP contribution in [0.5, 0.6) is 0 Å². The van der Waals surface area contributed by atoms with Crippen molar-refractivity contribution in [3.63, 3.8) is 0 Å². The van der Waals surface area contributed by atoms with Crippen LogP contribution in [-0.2, 0) is 33.2 Å².